The standard InChI is InChI=1S/C17H18BrNO2/c1-11-5-6-15(12(2)7-11)19-10-13-8-16(20-3)17(21-4)9-14(13)18/h5-10H,1-4H3. The van der Waals surface area contributed by atoms with Crippen LogP contribution >= 0.6 is 15.9 Å². The first-order valence-corrected chi connectivity index (χ1v) is 7.37. The molecule has 2 aromatic rings. The molecule has 4 heteroatoms. The van der Waals surface area contributed by atoms with Gasteiger partial charge in [-0.3, -0.25) is 4.99 Å². The molecular weight excluding hydrogens is 330 g/mol. The number of aryl methyl sites for hydroxylation is 2. The summed E-state index contributed by atoms with van der Waals surface area (Å²) < 4.78 is 11.5. The molecule has 0 unspecified atom stereocenters. The van der Waals surface area contributed by atoms with Crippen molar-refractivity contribution < 1.29 is 9.47 Å². The van der Waals surface area contributed by atoms with Crippen LogP contribution in [0.3, 0.4) is 0 Å². The lowest BCUT2D eigenvalue weighted by Gasteiger charge is -2.09. The number of nitrogens with zero attached hydrogens (tertiary/aromatic N) is 1. The van der Waals surface area contributed by atoms with Gasteiger partial charge in [0.15, 0.2) is 11.5 Å². The molecule has 0 bridgehead atoms. The van der Waals surface area contributed by atoms with Gasteiger partial charge in [0.05, 0.1) is 19.9 Å². The fourth-order valence-corrected chi connectivity index (χ4v) is 2.48. The van der Waals surface area contributed by atoms with Crippen molar-refractivity contribution in [2.24, 2.45) is 4.99 Å². The molecule has 3 nitrogen and oxygen atoms in total. The minimum Gasteiger partial charge on any atom is -0.493 e. The lowest BCUT2D eigenvalue weighted by molar-refractivity contribution is 0.354. The highest BCUT2D eigenvalue weighted by molar-refractivity contribution is 9.10. The smallest absolute Gasteiger partial charge is 0.161 e. The zero-order valence-electron chi connectivity index (χ0n) is 12.6. The average Bonchev–Trinajstić information content (AvgIpc) is 2.47. The first-order chi connectivity index (χ1) is 10.0. The normalized spacial score (nSPS) is 10.9. The third kappa shape index (κ3) is 3.64. The molecule has 2 rings (SSSR count). The van der Waals surface area contributed by atoms with Crippen LogP contribution in [0.15, 0.2) is 39.8 Å². The third-order valence-electron chi connectivity index (χ3n) is 3.20. The fourth-order valence-electron chi connectivity index (χ4n) is 2.06. The van der Waals surface area contributed by atoms with Crippen LogP contribution < -0.4 is 9.47 Å². The molecule has 0 saturated carbocycles. The van der Waals surface area contributed by atoms with E-state index in [-0.39, 0.29) is 0 Å². The van der Waals surface area contributed by atoms with Crippen molar-refractivity contribution in [1.29, 1.82) is 0 Å². The molecule has 0 amide bonds. The van der Waals surface area contributed by atoms with Gasteiger partial charge in [-0.05, 0) is 53.5 Å². The monoisotopic (exact) mass is 347 g/mol. The summed E-state index contributed by atoms with van der Waals surface area (Å²) in [4.78, 5) is 4.56. The summed E-state index contributed by atoms with van der Waals surface area (Å²) in [6, 6.07) is 9.98. The number of methoxy groups -OCH3 is 2. The van der Waals surface area contributed by atoms with Crippen LogP contribution in [0.5, 0.6) is 11.5 Å². The highest BCUT2D eigenvalue weighted by atomic mass is 79.9. The summed E-state index contributed by atoms with van der Waals surface area (Å²) in [5.74, 6) is 1.37. The van der Waals surface area contributed by atoms with Gasteiger partial charge in [-0.15, -0.1) is 0 Å². The van der Waals surface area contributed by atoms with Gasteiger partial charge in [-0.25, -0.2) is 0 Å². The quantitative estimate of drug-likeness (QED) is 0.741. The molecule has 0 aromatic heterocycles. The Bertz CT molecular complexity index is 681. The molecule has 0 N–H and O–H groups in total. The molecule has 0 spiro atoms. The van der Waals surface area contributed by atoms with Crippen molar-refractivity contribution in [2.45, 2.75) is 13.8 Å². The molecule has 0 aliphatic rings. The minimum absolute atomic E-state index is 0.683. The number of hydrogen-bond acceptors (Lipinski definition) is 3. The van der Waals surface area contributed by atoms with E-state index in [1.54, 1.807) is 14.2 Å². The van der Waals surface area contributed by atoms with Gasteiger partial charge in [-0.2, -0.15) is 0 Å². The van der Waals surface area contributed by atoms with E-state index in [1.807, 2.05) is 24.4 Å². The Hall–Kier alpha value is -1.81. The van der Waals surface area contributed by atoms with Gasteiger partial charge >= 0.3 is 0 Å². The second kappa shape index (κ2) is 6.76. The van der Waals surface area contributed by atoms with Crippen molar-refractivity contribution >= 4 is 27.8 Å². The molecule has 21 heavy (non-hydrogen) atoms. The van der Waals surface area contributed by atoms with Crippen LogP contribution in [-0.2, 0) is 0 Å². The van der Waals surface area contributed by atoms with Crippen LogP contribution in [0, 0.1) is 13.8 Å². The zero-order valence-corrected chi connectivity index (χ0v) is 14.2. The van der Waals surface area contributed by atoms with E-state index in [2.05, 4.69) is 46.9 Å². The molecule has 0 aliphatic carbocycles. The van der Waals surface area contributed by atoms with Gasteiger partial charge < -0.3 is 9.47 Å². The summed E-state index contributed by atoms with van der Waals surface area (Å²) in [5, 5.41) is 0. The van der Waals surface area contributed by atoms with Gasteiger partial charge in [0.25, 0.3) is 0 Å². The maximum absolute atomic E-state index is 5.32. The third-order valence-corrected chi connectivity index (χ3v) is 3.88. The van der Waals surface area contributed by atoms with Gasteiger partial charge in [0.1, 0.15) is 0 Å². The van der Waals surface area contributed by atoms with E-state index < -0.39 is 0 Å². The minimum atomic E-state index is 0.683. The Kier molecular flexibility index (Phi) is 5.02. The molecule has 0 radical (unpaired) electrons. The average molecular weight is 348 g/mol. The highest BCUT2D eigenvalue weighted by Crippen LogP contribution is 2.33. The number of benzene rings is 2. The molecule has 2 aromatic carbocycles. The number of halogens is 1. The van der Waals surface area contributed by atoms with Crippen LogP contribution in [0.2, 0.25) is 0 Å². The van der Waals surface area contributed by atoms with Gasteiger partial charge in [0, 0.05) is 16.3 Å². The van der Waals surface area contributed by atoms with Crippen LogP contribution in [0.25, 0.3) is 0 Å². The van der Waals surface area contributed by atoms with Gasteiger partial charge in [0.2, 0.25) is 0 Å². The number of hydrogen-bond donors (Lipinski definition) is 0. The predicted octanol–water partition coefficient (Wildman–Crippen LogP) is 4.83. The van der Waals surface area contributed by atoms with Crippen LogP contribution in [0.1, 0.15) is 16.7 Å². The summed E-state index contributed by atoms with van der Waals surface area (Å²) in [5.41, 5.74) is 4.29. The summed E-state index contributed by atoms with van der Waals surface area (Å²) in [7, 11) is 3.24. The largest absolute Gasteiger partial charge is 0.493 e. The molecular formula is C17H18BrNO2. The van der Waals surface area contributed by atoms with Crippen molar-refractivity contribution in [3.8, 4) is 11.5 Å². The van der Waals surface area contributed by atoms with Crippen LogP contribution in [-0.4, -0.2) is 20.4 Å². The maximum Gasteiger partial charge on any atom is 0.161 e. The second-order valence-corrected chi connectivity index (χ2v) is 5.63. The Labute approximate surface area is 133 Å². The summed E-state index contributed by atoms with van der Waals surface area (Å²) in [6.45, 7) is 4.13. The summed E-state index contributed by atoms with van der Waals surface area (Å²) in [6.07, 6.45) is 1.82. The molecule has 0 heterocycles. The lowest BCUT2D eigenvalue weighted by Crippen LogP contribution is -1.93. The van der Waals surface area contributed by atoms with Crippen LogP contribution in [0.4, 0.5) is 5.69 Å². The van der Waals surface area contributed by atoms with E-state index in [1.165, 1.54) is 5.56 Å². The Morgan fingerprint density at radius 1 is 1.00 bits per heavy atom. The van der Waals surface area contributed by atoms with Crippen molar-refractivity contribution in [3.05, 3.63) is 51.5 Å². The Morgan fingerprint density at radius 3 is 2.29 bits per heavy atom. The molecule has 0 saturated heterocycles. The topological polar surface area (TPSA) is 30.8 Å². The Morgan fingerprint density at radius 2 is 1.67 bits per heavy atom. The summed E-state index contributed by atoms with van der Waals surface area (Å²) >= 11 is 3.53. The number of rotatable bonds is 4. The highest BCUT2D eigenvalue weighted by Gasteiger charge is 2.08. The molecule has 110 valence electrons. The fraction of sp³-hybridized carbons (Fsp3) is 0.235. The van der Waals surface area contributed by atoms with Crippen molar-refractivity contribution in [1.82, 2.24) is 0 Å². The van der Waals surface area contributed by atoms with E-state index in [9.17, 15) is 0 Å². The first kappa shape index (κ1) is 15.6. The lowest BCUT2D eigenvalue weighted by atomic mass is 10.1. The Balaban J connectivity index is 2.36. The van der Waals surface area contributed by atoms with E-state index >= 15 is 0 Å². The molecule has 0 fully saturated rings. The van der Waals surface area contributed by atoms with E-state index in [4.69, 9.17) is 9.47 Å². The van der Waals surface area contributed by atoms with Crippen molar-refractivity contribution in [3.63, 3.8) is 0 Å². The second-order valence-electron chi connectivity index (χ2n) is 4.78. The van der Waals surface area contributed by atoms with E-state index in [0.717, 1.165) is 21.3 Å². The maximum atomic E-state index is 5.32. The molecule has 0 atom stereocenters. The zero-order chi connectivity index (χ0) is 15.4. The SMILES string of the molecule is COc1cc(Br)c(C=Nc2ccc(C)cc2C)cc1OC. The first-order valence-electron chi connectivity index (χ1n) is 6.58. The number of aliphatic imine (C=N–C) groups is 1. The molecule has 0 aliphatic heterocycles. The van der Waals surface area contributed by atoms with Gasteiger partial charge in [-0.1, -0.05) is 17.7 Å². The predicted molar refractivity (Wildman–Crippen MR) is 90.4 cm³/mol. The van der Waals surface area contributed by atoms with Crippen molar-refractivity contribution in [2.75, 3.05) is 14.2 Å². The van der Waals surface area contributed by atoms with E-state index in [0.29, 0.717) is 11.5 Å². The number of ether oxygens (including phenoxy) is 2.